The van der Waals surface area contributed by atoms with Gasteiger partial charge in [0.15, 0.2) is 11.5 Å². The summed E-state index contributed by atoms with van der Waals surface area (Å²) in [5.74, 6) is 1.20. The van der Waals surface area contributed by atoms with Crippen LogP contribution in [0, 0.1) is 11.3 Å². The van der Waals surface area contributed by atoms with Crippen molar-refractivity contribution in [1.82, 2.24) is 5.32 Å². The average Bonchev–Trinajstić information content (AvgIpc) is 2.78. The van der Waals surface area contributed by atoms with Crippen molar-refractivity contribution in [2.24, 2.45) is 0 Å². The van der Waals surface area contributed by atoms with Crippen molar-refractivity contribution in [2.45, 2.75) is 16.3 Å². The molecule has 1 heterocycles. The summed E-state index contributed by atoms with van der Waals surface area (Å²) in [6.07, 6.45) is 0. The number of nitrogens with zero attached hydrogens (tertiary/aromatic N) is 1. The van der Waals surface area contributed by atoms with Crippen LogP contribution in [0.5, 0.6) is 11.5 Å². The van der Waals surface area contributed by atoms with Gasteiger partial charge in [-0.2, -0.15) is 5.26 Å². The Morgan fingerprint density at radius 2 is 1.72 bits per heavy atom. The number of carbonyl (C=O) groups is 1. The van der Waals surface area contributed by atoms with E-state index in [1.807, 2.05) is 54.6 Å². The summed E-state index contributed by atoms with van der Waals surface area (Å²) in [4.78, 5) is 14.5. The molecule has 0 aromatic heterocycles. The predicted octanol–water partition coefficient (Wildman–Crippen LogP) is 4.41. The van der Waals surface area contributed by atoms with E-state index in [2.05, 4.69) is 11.4 Å². The average molecular weight is 402 g/mol. The lowest BCUT2D eigenvalue weighted by Gasteiger charge is -2.21. The van der Waals surface area contributed by atoms with Crippen LogP contribution in [0.1, 0.15) is 21.5 Å². The Bertz CT molecular complexity index is 1090. The largest absolute Gasteiger partial charge is 0.486 e. The molecule has 1 aliphatic rings. The second-order valence-corrected chi connectivity index (χ2v) is 7.41. The molecular weight excluding hydrogens is 384 g/mol. The highest BCUT2D eigenvalue weighted by atomic mass is 32.2. The molecule has 5 nitrogen and oxygen atoms in total. The number of nitriles is 1. The fourth-order valence-electron chi connectivity index (χ4n) is 3.05. The first kappa shape index (κ1) is 18.9. The van der Waals surface area contributed by atoms with Crippen LogP contribution in [0.2, 0.25) is 0 Å². The van der Waals surface area contributed by atoms with Gasteiger partial charge in [-0.3, -0.25) is 4.79 Å². The molecule has 3 aromatic carbocycles. The summed E-state index contributed by atoms with van der Waals surface area (Å²) >= 11 is 1.41. The van der Waals surface area contributed by atoms with Crippen molar-refractivity contribution in [3.05, 3.63) is 83.4 Å². The number of amides is 1. The zero-order valence-electron chi connectivity index (χ0n) is 15.6. The van der Waals surface area contributed by atoms with Gasteiger partial charge in [0.05, 0.1) is 11.1 Å². The number of hydrogen-bond acceptors (Lipinski definition) is 5. The Morgan fingerprint density at radius 3 is 2.59 bits per heavy atom. The SMILES string of the molecule is N#Cc1ccccc1Sc1ccccc1C(=O)NCc1cccc2c1OCCO2. The van der Waals surface area contributed by atoms with Gasteiger partial charge < -0.3 is 14.8 Å². The molecule has 0 atom stereocenters. The molecule has 0 spiro atoms. The molecule has 0 saturated carbocycles. The van der Waals surface area contributed by atoms with E-state index in [0.717, 1.165) is 15.4 Å². The van der Waals surface area contributed by atoms with Gasteiger partial charge in [0.1, 0.15) is 19.3 Å². The second kappa shape index (κ2) is 8.72. The molecule has 0 saturated heterocycles. The molecule has 1 aliphatic heterocycles. The van der Waals surface area contributed by atoms with E-state index >= 15 is 0 Å². The number of benzene rings is 3. The molecule has 1 N–H and O–H groups in total. The van der Waals surface area contributed by atoms with Crippen LogP contribution in [-0.4, -0.2) is 19.1 Å². The van der Waals surface area contributed by atoms with Crippen molar-refractivity contribution in [3.63, 3.8) is 0 Å². The lowest BCUT2D eigenvalue weighted by Crippen LogP contribution is -2.24. The number of rotatable bonds is 5. The summed E-state index contributed by atoms with van der Waals surface area (Å²) in [6.45, 7) is 1.35. The van der Waals surface area contributed by atoms with Crippen molar-refractivity contribution in [2.75, 3.05) is 13.2 Å². The standard InChI is InChI=1S/C23H18N2O3S/c24-14-16-6-1-3-10-20(16)29-21-11-4-2-8-18(21)23(26)25-15-17-7-5-9-19-22(17)28-13-12-27-19/h1-11H,12-13,15H2,(H,25,26). The van der Waals surface area contributed by atoms with Gasteiger partial charge >= 0.3 is 0 Å². The Balaban J connectivity index is 1.52. The van der Waals surface area contributed by atoms with Gasteiger partial charge in [0.2, 0.25) is 0 Å². The molecular formula is C23H18N2O3S. The highest BCUT2D eigenvalue weighted by Gasteiger charge is 2.17. The molecule has 4 rings (SSSR count). The van der Waals surface area contributed by atoms with Crippen LogP contribution in [0.15, 0.2) is 76.5 Å². The van der Waals surface area contributed by atoms with Crippen LogP contribution >= 0.6 is 11.8 Å². The number of ether oxygens (including phenoxy) is 2. The molecule has 0 fully saturated rings. The first-order valence-electron chi connectivity index (χ1n) is 9.18. The summed E-state index contributed by atoms with van der Waals surface area (Å²) in [5, 5.41) is 12.3. The minimum absolute atomic E-state index is 0.183. The van der Waals surface area contributed by atoms with Crippen molar-refractivity contribution < 1.29 is 14.3 Å². The van der Waals surface area contributed by atoms with Crippen molar-refractivity contribution in [1.29, 1.82) is 5.26 Å². The summed E-state index contributed by atoms with van der Waals surface area (Å²) < 4.78 is 11.3. The zero-order valence-corrected chi connectivity index (χ0v) is 16.4. The molecule has 0 unspecified atom stereocenters. The highest BCUT2D eigenvalue weighted by Crippen LogP contribution is 2.34. The maximum Gasteiger partial charge on any atom is 0.252 e. The molecule has 144 valence electrons. The van der Waals surface area contributed by atoms with Crippen LogP contribution in [0.3, 0.4) is 0 Å². The lowest BCUT2D eigenvalue weighted by atomic mass is 10.1. The third-order valence-electron chi connectivity index (χ3n) is 4.45. The molecule has 29 heavy (non-hydrogen) atoms. The zero-order chi connectivity index (χ0) is 20.1. The van der Waals surface area contributed by atoms with E-state index in [0.29, 0.717) is 42.4 Å². The molecule has 6 heteroatoms. The molecule has 0 bridgehead atoms. The third kappa shape index (κ3) is 4.20. The lowest BCUT2D eigenvalue weighted by molar-refractivity contribution is 0.0947. The topological polar surface area (TPSA) is 71.4 Å². The highest BCUT2D eigenvalue weighted by molar-refractivity contribution is 7.99. The van der Waals surface area contributed by atoms with E-state index in [9.17, 15) is 10.1 Å². The Labute approximate surface area is 173 Å². The first-order valence-corrected chi connectivity index (χ1v) is 9.99. The van der Waals surface area contributed by atoms with Crippen LogP contribution in [0.25, 0.3) is 0 Å². The van der Waals surface area contributed by atoms with E-state index in [4.69, 9.17) is 9.47 Å². The van der Waals surface area contributed by atoms with Gasteiger partial charge in [-0.15, -0.1) is 0 Å². The predicted molar refractivity (Wildman–Crippen MR) is 110 cm³/mol. The summed E-state index contributed by atoms with van der Waals surface area (Å²) in [5.41, 5.74) is 2.02. The fourth-order valence-corrected chi connectivity index (χ4v) is 4.08. The first-order chi connectivity index (χ1) is 14.3. The monoisotopic (exact) mass is 402 g/mol. The van der Waals surface area contributed by atoms with E-state index in [1.165, 1.54) is 11.8 Å². The minimum atomic E-state index is -0.183. The molecule has 0 radical (unpaired) electrons. The second-order valence-electron chi connectivity index (χ2n) is 6.33. The normalized spacial score (nSPS) is 12.1. The number of carbonyl (C=O) groups excluding carboxylic acids is 1. The van der Waals surface area contributed by atoms with Crippen LogP contribution in [0.4, 0.5) is 0 Å². The molecule has 3 aromatic rings. The van der Waals surface area contributed by atoms with Gasteiger partial charge in [-0.1, -0.05) is 48.2 Å². The van der Waals surface area contributed by atoms with E-state index in [1.54, 1.807) is 12.1 Å². The number of nitrogens with one attached hydrogen (secondary N) is 1. The molecule has 1 amide bonds. The van der Waals surface area contributed by atoms with Crippen molar-refractivity contribution >= 4 is 17.7 Å². The Kier molecular flexibility index (Phi) is 5.68. The number of para-hydroxylation sites is 1. The summed E-state index contributed by atoms with van der Waals surface area (Å²) in [7, 11) is 0. The van der Waals surface area contributed by atoms with E-state index in [-0.39, 0.29) is 5.91 Å². The Morgan fingerprint density at radius 1 is 0.966 bits per heavy atom. The summed E-state index contributed by atoms with van der Waals surface area (Å²) in [6, 6.07) is 22.6. The van der Waals surface area contributed by atoms with Gasteiger partial charge in [-0.25, -0.2) is 0 Å². The van der Waals surface area contributed by atoms with Crippen molar-refractivity contribution in [3.8, 4) is 17.6 Å². The molecule has 0 aliphatic carbocycles. The number of fused-ring (bicyclic) bond motifs is 1. The maximum absolute atomic E-state index is 12.9. The smallest absolute Gasteiger partial charge is 0.252 e. The number of hydrogen-bond donors (Lipinski definition) is 1. The minimum Gasteiger partial charge on any atom is -0.486 e. The quantitative estimate of drug-likeness (QED) is 0.684. The fraction of sp³-hybridized carbons (Fsp3) is 0.130. The van der Waals surface area contributed by atoms with Gasteiger partial charge in [0, 0.05) is 21.9 Å². The van der Waals surface area contributed by atoms with Crippen LogP contribution in [-0.2, 0) is 6.54 Å². The van der Waals surface area contributed by atoms with Gasteiger partial charge in [-0.05, 0) is 30.3 Å². The van der Waals surface area contributed by atoms with Gasteiger partial charge in [0.25, 0.3) is 5.91 Å². The Hall–Kier alpha value is -3.43. The third-order valence-corrected chi connectivity index (χ3v) is 5.60. The van der Waals surface area contributed by atoms with E-state index < -0.39 is 0 Å². The van der Waals surface area contributed by atoms with Crippen LogP contribution < -0.4 is 14.8 Å². The maximum atomic E-state index is 12.9.